The molecule has 0 aromatic heterocycles. The molecule has 8 heteroatoms. The van der Waals surface area contributed by atoms with Crippen molar-refractivity contribution in [2.45, 2.75) is 57.0 Å². The van der Waals surface area contributed by atoms with E-state index in [1.165, 1.54) is 0 Å². The van der Waals surface area contributed by atoms with Crippen molar-refractivity contribution in [1.29, 1.82) is 0 Å². The predicted octanol–water partition coefficient (Wildman–Crippen LogP) is 1.78. The highest BCUT2D eigenvalue weighted by molar-refractivity contribution is 6.01. The lowest BCUT2D eigenvalue weighted by Crippen LogP contribution is -2.46. The third-order valence-electron chi connectivity index (χ3n) is 6.16. The molecule has 8 nitrogen and oxygen atoms in total. The molecule has 3 unspecified atom stereocenters. The molecule has 2 aromatic carbocycles. The first-order chi connectivity index (χ1) is 15.8. The number of carbonyl (C=O) groups excluding carboxylic acids is 1. The Hall–Kier alpha value is -2.78. The third-order valence-corrected chi connectivity index (χ3v) is 6.16. The molecule has 1 saturated heterocycles. The molecule has 1 fully saturated rings. The van der Waals surface area contributed by atoms with Gasteiger partial charge in [-0.3, -0.25) is 9.59 Å². The number of nitrogens with zero attached hydrogens (tertiary/aromatic N) is 1. The quantitative estimate of drug-likeness (QED) is 0.242. The molecule has 0 bridgehead atoms. The van der Waals surface area contributed by atoms with Crippen molar-refractivity contribution < 1.29 is 35.1 Å². The first-order valence-corrected chi connectivity index (χ1v) is 11.2. The second kappa shape index (κ2) is 11.4. The van der Waals surface area contributed by atoms with Crippen LogP contribution in [0.25, 0.3) is 0 Å². The Labute approximate surface area is 192 Å². The third kappa shape index (κ3) is 6.39. The molecule has 0 saturated carbocycles. The van der Waals surface area contributed by atoms with Crippen LogP contribution < -0.4 is 4.90 Å². The molecule has 1 heterocycles. The van der Waals surface area contributed by atoms with Gasteiger partial charge in [0.15, 0.2) is 6.29 Å². The van der Waals surface area contributed by atoms with Gasteiger partial charge in [0.25, 0.3) is 0 Å². The zero-order valence-electron chi connectivity index (χ0n) is 18.4. The van der Waals surface area contributed by atoms with E-state index in [9.17, 15) is 14.7 Å². The summed E-state index contributed by atoms with van der Waals surface area (Å²) < 4.78 is 0. The smallest absolute Gasteiger partial charge is 0.311 e. The van der Waals surface area contributed by atoms with Gasteiger partial charge in [0.05, 0.1) is 25.2 Å². The van der Waals surface area contributed by atoms with Crippen LogP contribution in [0.1, 0.15) is 48.4 Å². The fourth-order valence-electron chi connectivity index (χ4n) is 4.09. The molecular formula is C25H31NO7. The number of anilines is 1. The summed E-state index contributed by atoms with van der Waals surface area (Å²) in [6.07, 6.45) is 0.269. The van der Waals surface area contributed by atoms with Crippen LogP contribution in [0.4, 0.5) is 5.69 Å². The number of aliphatic hydroxyl groups is 4. The second-order valence-electron chi connectivity index (χ2n) is 8.52. The van der Waals surface area contributed by atoms with Crippen LogP contribution in [0.2, 0.25) is 0 Å². The first kappa shape index (κ1) is 24.9. The average Bonchev–Trinajstić information content (AvgIpc) is 2.79. The summed E-state index contributed by atoms with van der Waals surface area (Å²) >= 11 is 0. The Morgan fingerprint density at radius 2 is 1.55 bits per heavy atom. The second-order valence-corrected chi connectivity index (χ2v) is 8.52. The van der Waals surface area contributed by atoms with Crippen molar-refractivity contribution in [3.63, 3.8) is 0 Å². The van der Waals surface area contributed by atoms with Crippen LogP contribution in [-0.4, -0.2) is 56.4 Å². The topological polar surface area (TPSA) is 139 Å². The van der Waals surface area contributed by atoms with Crippen LogP contribution >= 0.6 is 0 Å². The summed E-state index contributed by atoms with van der Waals surface area (Å²) in [6, 6.07) is 15.5. The van der Waals surface area contributed by atoms with Crippen LogP contribution in [0.5, 0.6) is 0 Å². The number of amides is 1. The molecule has 178 valence electrons. The van der Waals surface area contributed by atoms with Gasteiger partial charge >= 0.3 is 5.97 Å². The van der Waals surface area contributed by atoms with E-state index < -0.39 is 24.3 Å². The monoisotopic (exact) mass is 457 g/mol. The first-order valence-electron chi connectivity index (χ1n) is 11.2. The zero-order chi connectivity index (χ0) is 24.0. The molecule has 2 aromatic rings. The highest BCUT2D eigenvalue weighted by Gasteiger charge is 2.38. The standard InChI is InChI=1S/C25H31NO7/c27-15-20(28)13-8-17-6-11-19(12-7-17)26-22(14-23(26)29)18-9-4-16(5-10-18)2-1-3-21(24(30)31)25(32)33/h4-7,9-12,20-22,24,27-28,30-31H,1-3,8,13-15H2,(H,32,33). The van der Waals surface area contributed by atoms with E-state index in [4.69, 9.17) is 20.4 Å². The normalized spacial score (nSPS) is 17.7. The number of hydrogen-bond acceptors (Lipinski definition) is 6. The molecule has 1 aliphatic heterocycles. The van der Waals surface area contributed by atoms with Gasteiger partial charge in [0.2, 0.25) is 5.91 Å². The Balaban J connectivity index is 1.57. The van der Waals surface area contributed by atoms with Crippen LogP contribution in [-0.2, 0) is 22.4 Å². The molecule has 1 amide bonds. The van der Waals surface area contributed by atoms with Crippen LogP contribution in [0.3, 0.4) is 0 Å². The fourth-order valence-corrected chi connectivity index (χ4v) is 4.09. The zero-order valence-corrected chi connectivity index (χ0v) is 18.4. The molecule has 3 atom stereocenters. The summed E-state index contributed by atoms with van der Waals surface area (Å²) in [7, 11) is 0. The van der Waals surface area contributed by atoms with E-state index in [1.54, 1.807) is 4.90 Å². The largest absolute Gasteiger partial charge is 0.481 e. The van der Waals surface area contributed by atoms with Crippen LogP contribution in [0, 0.1) is 5.92 Å². The number of carboxylic acids is 1. The van der Waals surface area contributed by atoms with Crippen molar-refractivity contribution in [2.24, 2.45) is 5.92 Å². The maximum atomic E-state index is 12.3. The minimum Gasteiger partial charge on any atom is -0.481 e. The van der Waals surface area contributed by atoms with E-state index in [2.05, 4.69) is 0 Å². The van der Waals surface area contributed by atoms with E-state index in [0.29, 0.717) is 32.1 Å². The van der Waals surface area contributed by atoms with Crippen molar-refractivity contribution in [3.05, 3.63) is 65.2 Å². The Kier molecular flexibility index (Phi) is 8.57. The number of aliphatic hydroxyl groups excluding tert-OH is 3. The van der Waals surface area contributed by atoms with Gasteiger partial charge < -0.3 is 30.4 Å². The number of rotatable bonds is 12. The van der Waals surface area contributed by atoms with Crippen molar-refractivity contribution in [2.75, 3.05) is 11.5 Å². The lowest BCUT2D eigenvalue weighted by atomic mass is 9.91. The number of carboxylic acid groups (broad SMARTS) is 1. The predicted molar refractivity (Wildman–Crippen MR) is 121 cm³/mol. The van der Waals surface area contributed by atoms with Gasteiger partial charge in [-0.05, 0) is 60.9 Å². The average molecular weight is 458 g/mol. The lowest BCUT2D eigenvalue weighted by molar-refractivity contribution is -0.159. The van der Waals surface area contributed by atoms with E-state index >= 15 is 0 Å². The molecule has 33 heavy (non-hydrogen) atoms. The van der Waals surface area contributed by atoms with Gasteiger partial charge in [-0.15, -0.1) is 0 Å². The number of β-lactam (4-membered cyclic amide) rings is 1. The van der Waals surface area contributed by atoms with Crippen molar-refractivity contribution >= 4 is 17.6 Å². The SMILES string of the molecule is O=C(O)C(CCCc1ccc(C2CC(=O)N2c2ccc(CCC(O)CO)cc2)cc1)C(O)O. The number of carbonyl (C=O) groups is 2. The maximum absolute atomic E-state index is 12.3. The summed E-state index contributed by atoms with van der Waals surface area (Å²) in [5.74, 6) is -2.36. The summed E-state index contributed by atoms with van der Waals surface area (Å²) in [6.45, 7) is -0.254. The van der Waals surface area contributed by atoms with Gasteiger partial charge in [-0.25, -0.2) is 0 Å². The number of hydrogen-bond donors (Lipinski definition) is 5. The summed E-state index contributed by atoms with van der Waals surface area (Å²) in [5.41, 5.74) is 3.87. The number of benzene rings is 2. The van der Waals surface area contributed by atoms with Crippen LogP contribution in [0.15, 0.2) is 48.5 Å². The molecule has 1 aliphatic rings. The van der Waals surface area contributed by atoms with E-state index in [0.717, 1.165) is 22.4 Å². The lowest BCUT2D eigenvalue weighted by Gasteiger charge is -2.41. The van der Waals surface area contributed by atoms with Crippen molar-refractivity contribution in [3.8, 4) is 0 Å². The Morgan fingerprint density at radius 1 is 0.939 bits per heavy atom. The van der Waals surface area contributed by atoms with E-state index in [1.807, 2.05) is 48.5 Å². The van der Waals surface area contributed by atoms with Gasteiger partial charge in [-0.1, -0.05) is 36.4 Å². The Morgan fingerprint density at radius 3 is 2.09 bits per heavy atom. The van der Waals surface area contributed by atoms with Gasteiger partial charge in [-0.2, -0.15) is 0 Å². The van der Waals surface area contributed by atoms with Crippen molar-refractivity contribution in [1.82, 2.24) is 0 Å². The maximum Gasteiger partial charge on any atom is 0.311 e. The highest BCUT2D eigenvalue weighted by Crippen LogP contribution is 2.39. The van der Waals surface area contributed by atoms with E-state index in [-0.39, 0.29) is 25.0 Å². The Bertz CT molecular complexity index is 927. The summed E-state index contributed by atoms with van der Waals surface area (Å²) in [5, 5.41) is 45.7. The minimum absolute atomic E-state index is 0.0467. The highest BCUT2D eigenvalue weighted by atomic mass is 16.5. The minimum atomic E-state index is -1.87. The summed E-state index contributed by atoms with van der Waals surface area (Å²) in [4.78, 5) is 25.1. The number of aliphatic carboxylic acids is 1. The van der Waals surface area contributed by atoms with Gasteiger partial charge in [0, 0.05) is 5.69 Å². The molecule has 0 spiro atoms. The molecule has 3 rings (SSSR count). The van der Waals surface area contributed by atoms with Gasteiger partial charge in [0.1, 0.15) is 5.92 Å². The molecule has 0 radical (unpaired) electrons. The molecular weight excluding hydrogens is 426 g/mol. The molecule has 5 N–H and O–H groups in total. The molecule has 0 aliphatic carbocycles. The number of aryl methyl sites for hydroxylation is 2. The fraction of sp³-hybridized carbons (Fsp3) is 0.440.